The summed E-state index contributed by atoms with van der Waals surface area (Å²) in [4.78, 5) is 107. The largest absolute Gasteiger partial charge is 0.514 e. The molecule has 3 unspecified atom stereocenters. The van der Waals surface area contributed by atoms with E-state index < -0.39 is 77.7 Å². The maximum atomic E-state index is 13.5. The number of nitrogens with one attached hydrogen (secondary N) is 3. The highest BCUT2D eigenvalue weighted by Gasteiger charge is 2.45. The smallest absolute Gasteiger partial charge is 0.458 e. The van der Waals surface area contributed by atoms with Crippen molar-refractivity contribution in [3.8, 4) is 17.1 Å². The second kappa shape index (κ2) is 20.8. The van der Waals surface area contributed by atoms with Crippen LogP contribution in [-0.2, 0) is 73.1 Å². The second-order valence-corrected chi connectivity index (χ2v) is 15.9. The third-order valence-electron chi connectivity index (χ3n) is 11.1. The van der Waals surface area contributed by atoms with E-state index in [9.17, 15) is 48.6 Å². The molecule has 2 aromatic heterocycles. The number of nitrogens with two attached hydrogens (primary N) is 1. The predicted octanol–water partition coefficient (Wildman–Crippen LogP) is 1.22. The van der Waals surface area contributed by atoms with Crippen LogP contribution in [0.25, 0.3) is 22.3 Å². The van der Waals surface area contributed by atoms with Gasteiger partial charge in [-0.15, -0.1) is 0 Å². The van der Waals surface area contributed by atoms with Crippen LogP contribution in [0.3, 0.4) is 0 Å². The molecule has 5 atom stereocenters. The number of esters is 1. The first-order valence-electron chi connectivity index (χ1n) is 20.9. The molecule has 2 aliphatic heterocycles. The molecule has 4 heterocycles. The van der Waals surface area contributed by atoms with E-state index in [1.807, 2.05) is 6.07 Å². The summed E-state index contributed by atoms with van der Waals surface area (Å²) >= 11 is 0. The summed E-state index contributed by atoms with van der Waals surface area (Å²) in [5.74, 6) is -5.66. The van der Waals surface area contributed by atoms with Crippen LogP contribution in [0.15, 0.2) is 59.4 Å². The average Bonchev–Trinajstić information content (AvgIpc) is 3.64. The zero-order valence-electron chi connectivity index (χ0n) is 36.5. The number of rotatable bonds is 20. The van der Waals surface area contributed by atoms with E-state index in [4.69, 9.17) is 34.4 Å². The highest BCUT2D eigenvalue weighted by Crippen LogP contribution is 2.39. The summed E-state index contributed by atoms with van der Waals surface area (Å²) in [7, 11) is 1.47. The number of benzene rings is 2. The number of anilines is 1. The van der Waals surface area contributed by atoms with Gasteiger partial charge in [0, 0.05) is 35.7 Å². The number of aliphatic hydroxyl groups excluding tert-OH is 1. The van der Waals surface area contributed by atoms with Gasteiger partial charge in [-0.3, -0.25) is 28.8 Å². The number of ether oxygens (including phenoxy) is 5. The molecule has 4 aromatic rings. The molecule has 6 rings (SSSR count). The van der Waals surface area contributed by atoms with E-state index in [2.05, 4.69) is 16.0 Å². The Hall–Kier alpha value is -7.07. The molecule has 4 amide bonds. The van der Waals surface area contributed by atoms with E-state index >= 15 is 0 Å². The van der Waals surface area contributed by atoms with E-state index in [0.717, 1.165) is 0 Å². The van der Waals surface area contributed by atoms with Crippen molar-refractivity contribution in [2.24, 2.45) is 11.7 Å². The Balaban J connectivity index is 1.01. The normalized spacial score (nSPS) is 16.6. The number of primary amides is 1. The maximum absolute atomic E-state index is 13.5. The molecule has 66 heavy (non-hydrogen) atoms. The number of nitrogens with zero attached hydrogens (tertiary/aromatic N) is 2. The first kappa shape index (κ1) is 48.4. The second-order valence-electron chi connectivity index (χ2n) is 15.9. The minimum atomic E-state index is -1.95. The summed E-state index contributed by atoms with van der Waals surface area (Å²) in [5, 5.41) is 29.3. The number of aliphatic hydroxyl groups is 2. The molecular formula is C45H50N6O15. The molecule has 0 saturated carbocycles. The Bertz CT molecular complexity index is 2610. The van der Waals surface area contributed by atoms with Crippen molar-refractivity contribution in [3.05, 3.63) is 87.2 Å². The van der Waals surface area contributed by atoms with E-state index in [1.165, 1.54) is 43.7 Å². The van der Waals surface area contributed by atoms with Gasteiger partial charge in [0.15, 0.2) is 11.4 Å². The number of cyclic esters (lactones) is 1. The molecule has 21 nitrogen and oxygen atoms in total. The molecule has 0 saturated heterocycles. The van der Waals surface area contributed by atoms with Crippen LogP contribution in [0.1, 0.15) is 62.3 Å². The number of hydrogen-bond acceptors (Lipinski definition) is 16. The van der Waals surface area contributed by atoms with Crippen molar-refractivity contribution in [1.82, 2.24) is 20.2 Å². The summed E-state index contributed by atoms with van der Waals surface area (Å²) in [6, 6.07) is 11.5. The average molecular weight is 915 g/mol. The highest BCUT2D eigenvalue weighted by molar-refractivity contribution is 6.00. The Labute approximate surface area is 376 Å². The van der Waals surface area contributed by atoms with Gasteiger partial charge in [0.05, 0.1) is 60.7 Å². The number of hydrogen-bond donors (Lipinski definition) is 6. The Morgan fingerprint density at radius 1 is 0.955 bits per heavy atom. The van der Waals surface area contributed by atoms with Crippen molar-refractivity contribution < 1.29 is 67.5 Å². The Morgan fingerprint density at radius 3 is 2.38 bits per heavy atom. The van der Waals surface area contributed by atoms with Gasteiger partial charge < -0.3 is 60.1 Å². The molecule has 0 fully saturated rings. The van der Waals surface area contributed by atoms with Crippen molar-refractivity contribution in [1.29, 1.82) is 0 Å². The fourth-order valence-electron chi connectivity index (χ4n) is 7.42. The van der Waals surface area contributed by atoms with Crippen LogP contribution < -0.4 is 32.0 Å². The third-order valence-corrected chi connectivity index (χ3v) is 11.1. The standard InChI is InChI=1S/C45H50N6O15/c1-5-45(61)33-17-36-38-27(19-51(36)42(58)32(33)22-64-43(45)59)14-26-15-30(10-11-34(26)49-38)66-44(60)65-20-25-6-8-28(9-7-25)48-41(57)35(18-37(46)54)50-39(55)23(2)47-40(56)31(24(3)52)16-29(53)21-63-13-12-62-4/h6-11,14-15,17,23-24,31,35,52,61H,5,12-13,16,18-22H2,1-4H3,(H2,46,54)(H,47,56)(H,48,57)(H,50,55)/t23-,24?,31-,35?,45?/m0/s1. The zero-order chi connectivity index (χ0) is 47.9. The van der Waals surface area contributed by atoms with Crippen LogP contribution in [0.4, 0.5) is 10.5 Å². The summed E-state index contributed by atoms with van der Waals surface area (Å²) < 4.78 is 27.4. The summed E-state index contributed by atoms with van der Waals surface area (Å²) in [6.45, 7) is 4.11. The monoisotopic (exact) mass is 914 g/mol. The summed E-state index contributed by atoms with van der Waals surface area (Å²) in [6.07, 6.45) is -3.19. The lowest BCUT2D eigenvalue weighted by Gasteiger charge is -2.31. The van der Waals surface area contributed by atoms with E-state index in [0.29, 0.717) is 33.4 Å². The molecule has 7 N–H and O–H groups in total. The van der Waals surface area contributed by atoms with Crippen LogP contribution >= 0.6 is 0 Å². The molecule has 2 aliphatic rings. The van der Waals surface area contributed by atoms with Crippen molar-refractivity contribution in [2.45, 2.75) is 83.6 Å². The van der Waals surface area contributed by atoms with Crippen LogP contribution in [0, 0.1) is 5.92 Å². The number of carbonyl (C=O) groups excluding carboxylic acids is 7. The molecule has 0 radical (unpaired) electrons. The molecule has 2 aromatic carbocycles. The first-order valence-corrected chi connectivity index (χ1v) is 20.9. The van der Waals surface area contributed by atoms with Gasteiger partial charge in [0.2, 0.25) is 23.6 Å². The number of aromatic nitrogens is 2. The number of Topliss-reactive ketones (excluding diaryl/α,β-unsaturated/α-hetero) is 1. The number of fused-ring (bicyclic) bond motifs is 5. The van der Waals surface area contributed by atoms with Gasteiger partial charge >= 0.3 is 12.1 Å². The highest BCUT2D eigenvalue weighted by atomic mass is 16.7. The number of pyridine rings is 2. The van der Waals surface area contributed by atoms with Gasteiger partial charge in [0.25, 0.3) is 5.56 Å². The first-order chi connectivity index (χ1) is 31.4. The van der Waals surface area contributed by atoms with Crippen molar-refractivity contribution in [2.75, 3.05) is 32.2 Å². The molecular weight excluding hydrogens is 865 g/mol. The molecule has 350 valence electrons. The lowest BCUT2D eigenvalue weighted by molar-refractivity contribution is -0.172. The lowest BCUT2D eigenvalue weighted by Crippen LogP contribution is -2.53. The predicted molar refractivity (Wildman–Crippen MR) is 231 cm³/mol. The number of amides is 4. The van der Waals surface area contributed by atoms with Gasteiger partial charge in [-0.05, 0) is 68.3 Å². The van der Waals surface area contributed by atoms with E-state index in [1.54, 1.807) is 37.3 Å². The SMILES string of the molecule is CCC1(O)C(=O)OCc2c1cc1n(c2=O)Cc2cc3cc(OC(=O)OCc4ccc(NC(=O)C(CC(N)=O)NC(=O)[C@H](C)NC(=O)[C@@H](CC(=O)COCCOC)C(C)O)cc4)ccc3nc2-1. The number of carbonyl (C=O) groups is 7. The Morgan fingerprint density at radius 2 is 1.70 bits per heavy atom. The van der Waals surface area contributed by atoms with Crippen LogP contribution in [0.2, 0.25) is 0 Å². The molecule has 0 aliphatic carbocycles. The van der Waals surface area contributed by atoms with Crippen molar-refractivity contribution in [3.63, 3.8) is 0 Å². The van der Waals surface area contributed by atoms with E-state index in [-0.39, 0.29) is 80.5 Å². The zero-order valence-corrected chi connectivity index (χ0v) is 36.5. The minimum absolute atomic E-state index is 0.0184. The van der Waals surface area contributed by atoms with Gasteiger partial charge in [-0.1, -0.05) is 19.1 Å². The van der Waals surface area contributed by atoms with Gasteiger partial charge in [-0.25, -0.2) is 14.6 Å². The Kier molecular flexibility index (Phi) is 15.3. The third kappa shape index (κ3) is 11.1. The minimum Gasteiger partial charge on any atom is -0.458 e. The van der Waals surface area contributed by atoms with Crippen LogP contribution in [-0.4, -0.2) is 106 Å². The fourth-order valence-corrected chi connectivity index (χ4v) is 7.42. The maximum Gasteiger partial charge on any atom is 0.514 e. The molecule has 21 heteroatoms. The fraction of sp³-hybridized carbons (Fsp3) is 0.400. The quantitative estimate of drug-likeness (QED) is 0.0363. The van der Waals surface area contributed by atoms with Crippen molar-refractivity contribution >= 4 is 58.1 Å². The van der Waals surface area contributed by atoms with Gasteiger partial charge in [-0.2, -0.15) is 0 Å². The topological polar surface area (TPSA) is 303 Å². The lowest BCUT2D eigenvalue weighted by atomic mass is 9.86. The number of ketones is 1. The molecule has 0 bridgehead atoms. The van der Waals surface area contributed by atoms with Gasteiger partial charge in [0.1, 0.15) is 37.7 Å². The number of methoxy groups -OCH3 is 1. The van der Waals surface area contributed by atoms with Crippen LogP contribution in [0.5, 0.6) is 5.75 Å². The summed E-state index contributed by atoms with van der Waals surface area (Å²) in [5.41, 5.74) is 6.39. The molecule has 0 spiro atoms.